The first-order chi connectivity index (χ1) is 7.01. The van der Waals surface area contributed by atoms with Gasteiger partial charge in [-0.15, -0.1) is 0 Å². The lowest BCUT2D eigenvalue weighted by atomic mass is 10.1. The molecule has 1 N–H and O–H groups in total. The fourth-order valence-electron chi connectivity index (χ4n) is 1.95. The Balaban J connectivity index is 2.25. The molecular weight excluding hydrogens is 205 g/mol. The van der Waals surface area contributed by atoms with Crippen LogP contribution >= 0.6 is 0 Å². The molecule has 0 saturated carbocycles. The Morgan fingerprint density at radius 3 is 2.60 bits per heavy atom. The minimum atomic E-state index is -4.02. The van der Waals surface area contributed by atoms with Crippen LogP contribution in [0.2, 0.25) is 0 Å². The van der Waals surface area contributed by atoms with E-state index in [2.05, 4.69) is 5.32 Å². The van der Waals surface area contributed by atoms with Gasteiger partial charge in [0.1, 0.15) is 0 Å². The van der Waals surface area contributed by atoms with Gasteiger partial charge in [-0.05, 0) is 39.4 Å². The summed E-state index contributed by atoms with van der Waals surface area (Å²) in [5.74, 6) is 0. The van der Waals surface area contributed by atoms with Crippen LogP contribution < -0.4 is 5.32 Å². The summed E-state index contributed by atoms with van der Waals surface area (Å²) in [4.78, 5) is 1.92. The topological polar surface area (TPSA) is 15.3 Å². The van der Waals surface area contributed by atoms with Crippen molar-refractivity contribution in [2.24, 2.45) is 0 Å². The minimum Gasteiger partial charge on any atom is -0.317 e. The smallest absolute Gasteiger partial charge is 0.317 e. The van der Waals surface area contributed by atoms with Gasteiger partial charge in [-0.2, -0.15) is 13.2 Å². The average Bonchev–Trinajstić information content (AvgIpc) is 2.38. The molecule has 15 heavy (non-hydrogen) atoms. The third kappa shape index (κ3) is 5.37. The first-order valence-electron chi connectivity index (χ1n) is 5.47. The lowest BCUT2D eigenvalue weighted by Gasteiger charge is -2.20. The van der Waals surface area contributed by atoms with E-state index in [4.69, 9.17) is 0 Å². The lowest BCUT2D eigenvalue weighted by molar-refractivity contribution is -0.137. The monoisotopic (exact) mass is 224 g/mol. The summed E-state index contributed by atoms with van der Waals surface area (Å²) in [5, 5.41) is 3.19. The third-order valence-corrected chi connectivity index (χ3v) is 2.94. The Hall–Kier alpha value is -0.290. The summed E-state index contributed by atoms with van der Waals surface area (Å²) < 4.78 is 36.0. The highest BCUT2D eigenvalue weighted by atomic mass is 19.4. The van der Waals surface area contributed by atoms with Crippen LogP contribution in [-0.4, -0.2) is 43.8 Å². The summed E-state index contributed by atoms with van der Waals surface area (Å²) >= 11 is 0. The van der Waals surface area contributed by atoms with Crippen LogP contribution in [0.15, 0.2) is 0 Å². The molecule has 1 fully saturated rings. The predicted molar refractivity (Wildman–Crippen MR) is 53.8 cm³/mol. The molecule has 5 heteroatoms. The number of nitrogens with one attached hydrogen (secondary N) is 1. The Labute approximate surface area is 88.8 Å². The van der Waals surface area contributed by atoms with Gasteiger partial charge in [0.05, 0.1) is 6.42 Å². The van der Waals surface area contributed by atoms with Crippen molar-refractivity contribution in [2.45, 2.75) is 37.9 Å². The fourth-order valence-corrected chi connectivity index (χ4v) is 1.95. The number of halogens is 3. The van der Waals surface area contributed by atoms with E-state index in [0.717, 1.165) is 32.4 Å². The molecule has 0 radical (unpaired) electrons. The van der Waals surface area contributed by atoms with Crippen LogP contribution in [-0.2, 0) is 0 Å². The zero-order valence-electron chi connectivity index (χ0n) is 9.11. The lowest BCUT2D eigenvalue weighted by Crippen LogP contribution is -2.31. The van der Waals surface area contributed by atoms with Gasteiger partial charge < -0.3 is 10.2 Å². The predicted octanol–water partition coefficient (Wildman–Crippen LogP) is 2.01. The number of alkyl halides is 3. The van der Waals surface area contributed by atoms with Crippen LogP contribution in [0.3, 0.4) is 0 Å². The molecule has 1 aliphatic rings. The quantitative estimate of drug-likeness (QED) is 0.789. The van der Waals surface area contributed by atoms with E-state index in [1.165, 1.54) is 0 Å². The van der Waals surface area contributed by atoms with Crippen LogP contribution in [0.25, 0.3) is 0 Å². The molecule has 1 unspecified atom stereocenters. The molecule has 0 aliphatic carbocycles. The number of likely N-dealkylation sites (tertiary alicyclic amines) is 1. The van der Waals surface area contributed by atoms with E-state index in [1.54, 1.807) is 0 Å². The van der Waals surface area contributed by atoms with Gasteiger partial charge in [0.15, 0.2) is 0 Å². The van der Waals surface area contributed by atoms with Crippen LogP contribution in [0, 0.1) is 0 Å². The van der Waals surface area contributed by atoms with Crippen molar-refractivity contribution in [1.29, 1.82) is 0 Å². The summed E-state index contributed by atoms with van der Waals surface area (Å²) in [5.41, 5.74) is 0. The first-order valence-corrected chi connectivity index (χ1v) is 5.47. The Bertz CT molecular complexity index is 182. The number of hydrogen-bond acceptors (Lipinski definition) is 2. The number of nitrogens with zero attached hydrogens (tertiary/aromatic N) is 1. The van der Waals surface area contributed by atoms with E-state index >= 15 is 0 Å². The van der Waals surface area contributed by atoms with Crippen LogP contribution in [0.4, 0.5) is 13.2 Å². The molecule has 1 aliphatic heterocycles. The Morgan fingerprint density at radius 1 is 1.27 bits per heavy atom. The largest absolute Gasteiger partial charge is 0.390 e. The molecule has 1 rings (SSSR count). The Morgan fingerprint density at radius 2 is 2.00 bits per heavy atom. The van der Waals surface area contributed by atoms with E-state index in [0.29, 0.717) is 6.04 Å². The molecule has 2 nitrogen and oxygen atoms in total. The highest BCUT2D eigenvalue weighted by molar-refractivity contribution is 4.73. The van der Waals surface area contributed by atoms with Crippen molar-refractivity contribution in [1.82, 2.24) is 10.2 Å². The molecular formula is C10H19F3N2. The maximum atomic E-state index is 12.0. The fraction of sp³-hybridized carbons (Fsp3) is 1.00. The second-order valence-electron chi connectivity index (χ2n) is 4.12. The number of rotatable bonds is 3. The van der Waals surface area contributed by atoms with Crippen molar-refractivity contribution in [3.8, 4) is 0 Å². The maximum absolute atomic E-state index is 12.0. The van der Waals surface area contributed by atoms with E-state index in [-0.39, 0.29) is 6.54 Å². The van der Waals surface area contributed by atoms with E-state index in [1.807, 2.05) is 11.9 Å². The molecule has 1 saturated heterocycles. The molecule has 1 heterocycles. The second-order valence-corrected chi connectivity index (χ2v) is 4.12. The SMILES string of the molecule is CNC1CCCN(CCC(F)(F)F)CC1. The second kappa shape index (κ2) is 5.70. The van der Waals surface area contributed by atoms with Crippen molar-refractivity contribution < 1.29 is 13.2 Å². The van der Waals surface area contributed by atoms with Crippen LogP contribution in [0.5, 0.6) is 0 Å². The summed E-state index contributed by atoms with van der Waals surface area (Å²) in [7, 11) is 1.91. The highest BCUT2D eigenvalue weighted by Gasteiger charge is 2.28. The van der Waals surface area contributed by atoms with Gasteiger partial charge in [-0.3, -0.25) is 0 Å². The highest BCUT2D eigenvalue weighted by Crippen LogP contribution is 2.20. The third-order valence-electron chi connectivity index (χ3n) is 2.94. The molecule has 0 spiro atoms. The molecule has 0 aromatic carbocycles. The zero-order chi connectivity index (χ0) is 11.3. The van der Waals surface area contributed by atoms with Crippen molar-refractivity contribution in [2.75, 3.05) is 26.7 Å². The number of hydrogen-bond donors (Lipinski definition) is 1. The van der Waals surface area contributed by atoms with Gasteiger partial charge in [-0.1, -0.05) is 0 Å². The average molecular weight is 224 g/mol. The molecule has 0 amide bonds. The van der Waals surface area contributed by atoms with Gasteiger partial charge in [-0.25, -0.2) is 0 Å². The van der Waals surface area contributed by atoms with Crippen molar-refractivity contribution in [3.63, 3.8) is 0 Å². The molecule has 0 aromatic rings. The van der Waals surface area contributed by atoms with Crippen molar-refractivity contribution >= 4 is 0 Å². The first kappa shape index (κ1) is 12.8. The van der Waals surface area contributed by atoms with E-state index < -0.39 is 12.6 Å². The zero-order valence-corrected chi connectivity index (χ0v) is 9.11. The van der Waals surface area contributed by atoms with E-state index in [9.17, 15) is 13.2 Å². The molecule has 0 bridgehead atoms. The molecule has 90 valence electrons. The summed E-state index contributed by atoms with van der Waals surface area (Å²) in [6.07, 6.45) is -1.69. The van der Waals surface area contributed by atoms with Gasteiger partial charge in [0, 0.05) is 12.6 Å². The van der Waals surface area contributed by atoms with Gasteiger partial charge >= 0.3 is 6.18 Å². The van der Waals surface area contributed by atoms with Gasteiger partial charge in [0.25, 0.3) is 0 Å². The normalized spacial score (nSPS) is 25.2. The van der Waals surface area contributed by atoms with Gasteiger partial charge in [0.2, 0.25) is 0 Å². The standard InChI is InChI=1S/C10H19F3N2/c1-14-9-3-2-6-15(7-4-9)8-5-10(11,12)13/h9,14H,2-8H2,1H3. The summed E-state index contributed by atoms with van der Waals surface area (Å²) in [6.45, 7) is 1.73. The Kier molecular flexibility index (Phi) is 4.86. The van der Waals surface area contributed by atoms with Crippen LogP contribution in [0.1, 0.15) is 25.7 Å². The molecule has 0 aromatic heterocycles. The molecule has 1 atom stereocenters. The van der Waals surface area contributed by atoms with Crippen molar-refractivity contribution in [3.05, 3.63) is 0 Å². The minimum absolute atomic E-state index is 0.153. The maximum Gasteiger partial charge on any atom is 0.390 e. The summed E-state index contributed by atoms with van der Waals surface area (Å²) in [6, 6.07) is 0.473.